The number of hydrogen-bond acceptors (Lipinski definition) is 8. The molecule has 30 heavy (non-hydrogen) atoms. The van der Waals surface area contributed by atoms with Gasteiger partial charge < -0.3 is 4.90 Å². The van der Waals surface area contributed by atoms with Crippen LogP contribution in [-0.4, -0.2) is 50.3 Å². The Morgan fingerprint density at radius 1 is 1.03 bits per heavy atom. The van der Waals surface area contributed by atoms with Gasteiger partial charge >= 0.3 is 0 Å². The lowest BCUT2D eigenvalue weighted by molar-refractivity contribution is 0.496. The van der Waals surface area contributed by atoms with Crippen LogP contribution in [0.15, 0.2) is 37.1 Å². The summed E-state index contributed by atoms with van der Waals surface area (Å²) in [5.74, 6) is 4.23. The predicted molar refractivity (Wildman–Crippen MR) is 110 cm³/mol. The van der Waals surface area contributed by atoms with Gasteiger partial charge in [0.05, 0.1) is 12.2 Å². The molecule has 0 bridgehead atoms. The van der Waals surface area contributed by atoms with Crippen molar-refractivity contribution in [1.29, 1.82) is 0 Å². The summed E-state index contributed by atoms with van der Waals surface area (Å²) < 4.78 is 3.87. The maximum Gasteiger partial charge on any atom is 0.237 e. The number of rotatable bonds is 4. The van der Waals surface area contributed by atoms with Crippen LogP contribution in [0.2, 0.25) is 0 Å². The first-order valence-electron chi connectivity index (χ1n) is 9.99. The van der Waals surface area contributed by atoms with Crippen LogP contribution in [0, 0.1) is 6.92 Å². The lowest BCUT2D eigenvalue weighted by atomic mass is 10.1. The minimum absolute atomic E-state index is 0.0844. The van der Waals surface area contributed by atoms with E-state index in [0.717, 1.165) is 29.6 Å². The van der Waals surface area contributed by atoms with E-state index in [1.165, 1.54) is 0 Å². The molecule has 0 saturated carbocycles. The van der Waals surface area contributed by atoms with E-state index in [-0.39, 0.29) is 12.1 Å². The number of fused-ring (bicyclic) bond motifs is 3. The van der Waals surface area contributed by atoms with Gasteiger partial charge in [0.2, 0.25) is 5.95 Å². The summed E-state index contributed by atoms with van der Waals surface area (Å²) >= 11 is 0. The lowest BCUT2D eigenvalue weighted by Gasteiger charge is -2.39. The Bertz CT molecular complexity index is 1190. The topological polar surface area (TPSA) is 103 Å². The highest BCUT2D eigenvalue weighted by atomic mass is 15.4. The highest BCUT2D eigenvalue weighted by Crippen LogP contribution is 2.40. The van der Waals surface area contributed by atoms with E-state index in [2.05, 4.69) is 60.4 Å². The molecule has 1 atom stereocenters. The van der Waals surface area contributed by atoms with Crippen molar-refractivity contribution in [2.45, 2.75) is 46.2 Å². The Balaban J connectivity index is 1.70. The Kier molecular flexibility index (Phi) is 4.27. The fourth-order valence-corrected chi connectivity index (χ4v) is 4.01. The first-order valence-corrected chi connectivity index (χ1v) is 9.99. The third-order valence-electron chi connectivity index (χ3n) is 5.27. The van der Waals surface area contributed by atoms with Crippen molar-refractivity contribution in [2.24, 2.45) is 0 Å². The fraction of sp³-hybridized carbons (Fsp3) is 0.350. The van der Waals surface area contributed by atoms with Crippen molar-refractivity contribution in [2.75, 3.05) is 4.90 Å². The van der Waals surface area contributed by atoms with Crippen LogP contribution in [-0.2, 0) is 0 Å². The molecule has 0 amide bonds. The van der Waals surface area contributed by atoms with E-state index < -0.39 is 0 Å². The molecule has 0 unspecified atom stereocenters. The van der Waals surface area contributed by atoms with Crippen molar-refractivity contribution in [3.8, 4) is 23.3 Å². The van der Waals surface area contributed by atoms with Crippen molar-refractivity contribution in [3.63, 3.8) is 0 Å². The molecule has 4 aromatic heterocycles. The smallest absolute Gasteiger partial charge is 0.237 e. The van der Waals surface area contributed by atoms with E-state index in [0.29, 0.717) is 17.6 Å². The van der Waals surface area contributed by atoms with E-state index in [1.54, 1.807) is 24.7 Å². The van der Waals surface area contributed by atoms with E-state index in [9.17, 15) is 0 Å². The lowest BCUT2D eigenvalue weighted by Crippen LogP contribution is -2.40. The van der Waals surface area contributed by atoms with Crippen LogP contribution in [0.4, 0.5) is 5.82 Å². The van der Waals surface area contributed by atoms with Crippen LogP contribution in [0.3, 0.4) is 0 Å². The van der Waals surface area contributed by atoms with Crippen LogP contribution in [0.25, 0.3) is 23.3 Å². The zero-order valence-electron chi connectivity index (χ0n) is 17.3. The molecule has 0 N–H and O–H groups in total. The van der Waals surface area contributed by atoms with Gasteiger partial charge in [-0.25, -0.2) is 19.9 Å². The van der Waals surface area contributed by atoms with Gasteiger partial charge in [-0.05, 0) is 33.3 Å². The Labute approximate surface area is 173 Å². The molecule has 1 aliphatic rings. The Morgan fingerprint density at radius 2 is 1.83 bits per heavy atom. The standard InChI is InChI=1S/C20H22N10/c1-5-14-18-27-26-13(4)30(18)15-11-24-20(25-17(15)29(14)12(2)3)28-10-9-23-19(28)16-21-7-6-8-22-16/h6-12,14H,5H2,1-4H3/t14-/m1/s1. The molecule has 0 aliphatic carbocycles. The molecular formula is C20H22N10. The number of anilines is 1. The molecule has 10 heteroatoms. The molecule has 0 saturated heterocycles. The molecule has 5 rings (SSSR count). The summed E-state index contributed by atoms with van der Waals surface area (Å²) in [6.07, 6.45) is 9.63. The molecule has 152 valence electrons. The summed E-state index contributed by atoms with van der Waals surface area (Å²) in [4.78, 5) is 25.0. The minimum atomic E-state index is 0.0844. The van der Waals surface area contributed by atoms with Crippen LogP contribution >= 0.6 is 0 Å². The summed E-state index contributed by atoms with van der Waals surface area (Å²) in [6.45, 7) is 8.43. The van der Waals surface area contributed by atoms with Gasteiger partial charge in [-0.3, -0.25) is 9.13 Å². The molecule has 5 heterocycles. The average molecular weight is 402 g/mol. The van der Waals surface area contributed by atoms with Crippen LogP contribution in [0.5, 0.6) is 0 Å². The SMILES string of the molecule is CC[C@@H]1c2nnc(C)n2-c2cnc(-n3ccnc3-c3ncccn3)nc2N1C(C)C. The number of nitrogens with zero attached hydrogens (tertiary/aromatic N) is 10. The maximum atomic E-state index is 4.97. The molecule has 1 aliphatic heterocycles. The number of imidazole rings is 1. The molecule has 0 aromatic carbocycles. The normalized spacial score (nSPS) is 15.4. The Hall–Kier alpha value is -3.69. The number of hydrogen-bond donors (Lipinski definition) is 0. The van der Waals surface area contributed by atoms with Gasteiger partial charge in [0, 0.05) is 30.8 Å². The second kappa shape index (κ2) is 6.97. The van der Waals surface area contributed by atoms with E-state index >= 15 is 0 Å². The Morgan fingerprint density at radius 3 is 2.57 bits per heavy atom. The van der Waals surface area contributed by atoms with Gasteiger partial charge in [0.1, 0.15) is 11.5 Å². The number of aromatic nitrogens is 9. The van der Waals surface area contributed by atoms with Crippen LogP contribution in [0.1, 0.15) is 44.9 Å². The monoisotopic (exact) mass is 402 g/mol. The van der Waals surface area contributed by atoms with Gasteiger partial charge in [0.25, 0.3) is 0 Å². The fourth-order valence-electron chi connectivity index (χ4n) is 4.01. The maximum absolute atomic E-state index is 4.97. The van der Waals surface area contributed by atoms with E-state index in [4.69, 9.17) is 4.98 Å². The second-order valence-electron chi connectivity index (χ2n) is 7.44. The molecule has 0 spiro atoms. The van der Waals surface area contributed by atoms with Crippen molar-refractivity contribution >= 4 is 5.82 Å². The van der Waals surface area contributed by atoms with Crippen LogP contribution < -0.4 is 4.90 Å². The summed E-state index contributed by atoms with van der Waals surface area (Å²) in [6, 6.07) is 2.08. The van der Waals surface area contributed by atoms with Crippen molar-refractivity contribution in [1.82, 2.24) is 44.3 Å². The molecule has 10 nitrogen and oxygen atoms in total. The average Bonchev–Trinajstić information content (AvgIpc) is 3.40. The quantitative estimate of drug-likeness (QED) is 0.513. The third-order valence-corrected chi connectivity index (χ3v) is 5.27. The minimum Gasteiger partial charge on any atom is -0.342 e. The van der Waals surface area contributed by atoms with Gasteiger partial charge in [-0.15, -0.1) is 10.2 Å². The molecule has 4 aromatic rings. The van der Waals surface area contributed by atoms with Crippen molar-refractivity contribution in [3.05, 3.63) is 48.7 Å². The summed E-state index contributed by atoms with van der Waals surface area (Å²) in [5.41, 5.74) is 0.882. The van der Waals surface area contributed by atoms with Crippen molar-refractivity contribution < 1.29 is 0 Å². The van der Waals surface area contributed by atoms with Gasteiger partial charge in [0.15, 0.2) is 23.3 Å². The molecule has 0 fully saturated rings. The van der Waals surface area contributed by atoms with Gasteiger partial charge in [-0.1, -0.05) is 6.92 Å². The zero-order chi connectivity index (χ0) is 20.8. The highest BCUT2D eigenvalue weighted by Gasteiger charge is 2.36. The summed E-state index contributed by atoms with van der Waals surface area (Å²) in [7, 11) is 0. The second-order valence-corrected chi connectivity index (χ2v) is 7.44. The first-order chi connectivity index (χ1) is 14.6. The predicted octanol–water partition coefficient (Wildman–Crippen LogP) is 2.69. The number of aryl methyl sites for hydroxylation is 1. The first kappa shape index (κ1) is 18.3. The third kappa shape index (κ3) is 2.67. The molecule has 0 radical (unpaired) electrons. The largest absolute Gasteiger partial charge is 0.342 e. The van der Waals surface area contributed by atoms with Gasteiger partial charge in [-0.2, -0.15) is 4.98 Å². The zero-order valence-corrected chi connectivity index (χ0v) is 17.3. The van der Waals surface area contributed by atoms with E-state index in [1.807, 2.05) is 23.9 Å². The summed E-state index contributed by atoms with van der Waals surface area (Å²) in [5, 5.41) is 8.76. The highest BCUT2D eigenvalue weighted by molar-refractivity contribution is 5.63. The molecular weight excluding hydrogens is 380 g/mol.